The fourth-order valence-corrected chi connectivity index (χ4v) is 1.55. The van der Waals surface area contributed by atoms with Crippen molar-refractivity contribution >= 4 is 11.5 Å². The summed E-state index contributed by atoms with van der Waals surface area (Å²) in [6.45, 7) is 4.12. The molecule has 1 atom stereocenters. The quantitative estimate of drug-likeness (QED) is 0.625. The zero-order chi connectivity index (χ0) is 13.2. The van der Waals surface area contributed by atoms with E-state index in [0.29, 0.717) is 19.6 Å². The van der Waals surface area contributed by atoms with Crippen molar-refractivity contribution in [3.8, 4) is 0 Å². The molecule has 0 fully saturated rings. The number of anilines is 2. The third kappa shape index (κ3) is 5.84. The van der Waals surface area contributed by atoms with Crippen LogP contribution in [0.3, 0.4) is 0 Å². The van der Waals surface area contributed by atoms with Crippen molar-refractivity contribution in [3.63, 3.8) is 0 Å². The van der Waals surface area contributed by atoms with Gasteiger partial charge in [0.05, 0.1) is 12.7 Å². The van der Waals surface area contributed by atoms with E-state index in [9.17, 15) is 5.11 Å². The number of ether oxygens (including phenoxy) is 1. The first-order chi connectivity index (χ1) is 8.76. The first-order valence-electron chi connectivity index (χ1n) is 6.37. The molecule has 0 aliphatic rings. The molecule has 1 unspecified atom stereocenters. The third-order valence-electron chi connectivity index (χ3n) is 2.48. The van der Waals surface area contributed by atoms with Crippen molar-refractivity contribution in [3.05, 3.63) is 18.3 Å². The molecule has 0 aliphatic heterocycles. The number of pyridine rings is 1. The Bertz CT molecular complexity index is 334. The van der Waals surface area contributed by atoms with Crippen LogP contribution in [-0.2, 0) is 4.74 Å². The fourth-order valence-electron chi connectivity index (χ4n) is 1.55. The summed E-state index contributed by atoms with van der Waals surface area (Å²) in [6.07, 6.45) is 3.09. The second-order valence-electron chi connectivity index (χ2n) is 4.18. The van der Waals surface area contributed by atoms with Gasteiger partial charge in [-0.1, -0.05) is 6.92 Å². The standard InChI is InChI=1S/C13H23N3O2/c1-3-6-15-13-9-11(4-7-16-13)14-8-5-12(17)10-18-2/h4,7,9,12,17H,3,5-6,8,10H2,1-2H3,(H2,14,15,16). The van der Waals surface area contributed by atoms with Gasteiger partial charge in [0.1, 0.15) is 5.82 Å². The SMILES string of the molecule is CCCNc1cc(NCCC(O)COC)ccn1. The van der Waals surface area contributed by atoms with E-state index in [4.69, 9.17) is 4.74 Å². The first-order valence-corrected chi connectivity index (χ1v) is 6.37. The molecule has 5 nitrogen and oxygen atoms in total. The van der Waals surface area contributed by atoms with Crippen molar-refractivity contribution in [1.82, 2.24) is 4.98 Å². The molecule has 18 heavy (non-hydrogen) atoms. The average molecular weight is 253 g/mol. The summed E-state index contributed by atoms with van der Waals surface area (Å²) in [5.41, 5.74) is 1.01. The van der Waals surface area contributed by atoms with Gasteiger partial charge in [0, 0.05) is 38.1 Å². The van der Waals surface area contributed by atoms with Crippen LogP contribution in [0.1, 0.15) is 19.8 Å². The van der Waals surface area contributed by atoms with Gasteiger partial charge < -0.3 is 20.5 Å². The molecule has 1 rings (SSSR count). The summed E-state index contributed by atoms with van der Waals surface area (Å²) >= 11 is 0. The van der Waals surface area contributed by atoms with Gasteiger partial charge in [-0.3, -0.25) is 0 Å². The highest BCUT2D eigenvalue weighted by Crippen LogP contribution is 2.12. The Kier molecular flexibility index (Phi) is 7.13. The van der Waals surface area contributed by atoms with Gasteiger partial charge >= 0.3 is 0 Å². The van der Waals surface area contributed by atoms with Crippen LogP contribution >= 0.6 is 0 Å². The molecule has 1 aromatic rings. The third-order valence-corrected chi connectivity index (χ3v) is 2.48. The molecule has 0 spiro atoms. The van der Waals surface area contributed by atoms with E-state index in [1.54, 1.807) is 13.3 Å². The van der Waals surface area contributed by atoms with Crippen molar-refractivity contribution in [2.45, 2.75) is 25.9 Å². The molecular weight excluding hydrogens is 230 g/mol. The molecule has 1 heterocycles. The smallest absolute Gasteiger partial charge is 0.127 e. The van der Waals surface area contributed by atoms with Crippen molar-refractivity contribution in [2.24, 2.45) is 0 Å². The predicted octanol–water partition coefficient (Wildman–Crippen LogP) is 1.71. The van der Waals surface area contributed by atoms with Gasteiger partial charge in [-0.05, 0) is 18.9 Å². The lowest BCUT2D eigenvalue weighted by Gasteiger charge is -2.11. The molecule has 0 amide bonds. The summed E-state index contributed by atoms with van der Waals surface area (Å²) in [4.78, 5) is 4.23. The van der Waals surface area contributed by atoms with E-state index in [0.717, 1.165) is 24.5 Å². The minimum absolute atomic E-state index is 0.376. The molecule has 0 saturated carbocycles. The highest BCUT2D eigenvalue weighted by atomic mass is 16.5. The average Bonchev–Trinajstić information content (AvgIpc) is 2.37. The van der Waals surface area contributed by atoms with Crippen molar-refractivity contribution < 1.29 is 9.84 Å². The number of nitrogens with zero attached hydrogens (tertiary/aromatic N) is 1. The Hall–Kier alpha value is -1.33. The molecule has 5 heteroatoms. The lowest BCUT2D eigenvalue weighted by molar-refractivity contribution is 0.0615. The highest BCUT2D eigenvalue weighted by Gasteiger charge is 2.02. The lowest BCUT2D eigenvalue weighted by Crippen LogP contribution is -2.18. The summed E-state index contributed by atoms with van der Waals surface area (Å²) < 4.78 is 4.87. The van der Waals surface area contributed by atoms with E-state index in [1.807, 2.05) is 12.1 Å². The van der Waals surface area contributed by atoms with E-state index in [2.05, 4.69) is 22.5 Å². The zero-order valence-corrected chi connectivity index (χ0v) is 11.1. The van der Waals surface area contributed by atoms with Gasteiger partial charge in [-0.15, -0.1) is 0 Å². The van der Waals surface area contributed by atoms with Crippen LogP contribution in [0.4, 0.5) is 11.5 Å². The lowest BCUT2D eigenvalue weighted by atomic mass is 10.2. The van der Waals surface area contributed by atoms with E-state index >= 15 is 0 Å². The maximum absolute atomic E-state index is 9.51. The van der Waals surface area contributed by atoms with Gasteiger partial charge in [0.2, 0.25) is 0 Å². The van der Waals surface area contributed by atoms with Crippen LogP contribution in [-0.4, -0.2) is 43.0 Å². The minimum Gasteiger partial charge on any atom is -0.391 e. The van der Waals surface area contributed by atoms with Crippen molar-refractivity contribution in [2.75, 3.05) is 37.4 Å². The topological polar surface area (TPSA) is 66.4 Å². The zero-order valence-electron chi connectivity index (χ0n) is 11.1. The maximum atomic E-state index is 9.51. The molecule has 0 aromatic carbocycles. The number of hydrogen-bond acceptors (Lipinski definition) is 5. The van der Waals surface area contributed by atoms with Gasteiger partial charge in [-0.25, -0.2) is 4.98 Å². The Balaban J connectivity index is 2.33. The van der Waals surface area contributed by atoms with Gasteiger partial charge in [0.25, 0.3) is 0 Å². The summed E-state index contributed by atoms with van der Waals surface area (Å²) in [5, 5.41) is 16.0. The van der Waals surface area contributed by atoms with Crippen molar-refractivity contribution in [1.29, 1.82) is 0 Å². The van der Waals surface area contributed by atoms with Gasteiger partial charge in [-0.2, -0.15) is 0 Å². The maximum Gasteiger partial charge on any atom is 0.127 e. The fraction of sp³-hybridized carbons (Fsp3) is 0.615. The molecule has 0 bridgehead atoms. The number of methoxy groups -OCH3 is 1. The number of aliphatic hydroxyl groups excluding tert-OH is 1. The molecule has 1 aromatic heterocycles. The molecule has 0 aliphatic carbocycles. The number of hydrogen-bond donors (Lipinski definition) is 3. The van der Waals surface area contributed by atoms with Crippen LogP contribution in [0.5, 0.6) is 0 Å². The van der Waals surface area contributed by atoms with Crippen LogP contribution in [0.25, 0.3) is 0 Å². The second-order valence-corrected chi connectivity index (χ2v) is 4.18. The second kappa shape index (κ2) is 8.72. The summed E-state index contributed by atoms with van der Waals surface area (Å²) in [6, 6.07) is 3.89. The van der Waals surface area contributed by atoms with Crippen LogP contribution in [0.2, 0.25) is 0 Å². The summed E-state index contributed by atoms with van der Waals surface area (Å²) in [7, 11) is 1.59. The molecular formula is C13H23N3O2. The predicted molar refractivity (Wildman–Crippen MR) is 74.0 cm³/mol. The molecule has 3 N–H and O–H groups in total. The Morgan fingerprint density at radius 2 is 2.22 bits per heavy atom. The highest BCUT2D eigenvalue weighted by molar-refractivity contribution is 5.51. The molecule has 0 saturated heterocycles. The number of aliphatic hydroxyl groups is 1. The number of aromatic nitrogens is 1. The normalized spacial score (nSPS) is 12.2. The number of nitrogens with one attached hydrogen (secondary N) is 2. The largest absolute Gasteiger partial charge is 0.391 e. The van der Waals surface area contributed by atoms with Gasteiger partial charge in [0.15, 0.2) is 0 Å². The Morgan fingerprint density at radius 3 is 2.94 bits per heavy atom. The van der Waals surface area contributed by atoms with Crippen LogP contribution in [0.15, 0.2) is 18.3 Å². The summed E-state index contributed by atoms with van der Waals surface area (Å²) in [5.74, 6) is 0.874. The van der Waals surface area contributed by atoms with E-state index < -0.39 is 6.10 Å². The molecule has 102 valence electrons. The van der Waals surface area contributed by atoms with Crippen LogP contribution in [0, 0.1) is 0 Å². The number of rotatable bonds is 9. The van der Waals surface area contributed by atoms with E-state index in [-0.39, 0.29) is 0 Å². The first kappa shape index (κ1) is 14.7. The minimum atomic E-state index is -0.415. The Morgan fingerprint density at radius 1 is 1.39 bits per heavy atom. The Labute approximate surface area is 109 Å². The monoisotopic (exact) mass is 253 g/mol. The molecule has 0 radical (unpaired) electrons. The van der Waals surface area contributed by atoms with Crippen LogP contribution < -0.4 is 10.6 Å². The van der Waals surface area contributed by atoms with E-state index in [1.165, 1.54) is 0 Å².